The number of hydrogen-bond donors (Lipinski definition) is 1. The Labute approximate surface area is 207 Å². The van der Waals surface area contributed by atoms with Gasteiger partial charge < -0.3 is 24.1 Å². The van der Waals surface area contributed by atoms with E-state index in [1.807, 2.05) is 41.5 Å². The zero-order valence-corrected chi connectivity index (χ0v) is 20.3. The molecule has 2 heterocycles. The summed E-state index contributed by atoms with van der Waals surface area (Å²) in [5.74, 6) is 1.50. The van der Waals surface area contributed by atoms with E-state index in [1.54, 1.807) is 54.6 Å². The SMILES string of the molecule is [2H]C1([2H])Oc2ccc(/C=C/C(=O)C(C)(C)C)cc2O1.[2H]C1([2H])Oc2ccc(/C=C/C(O)C(C)(C)C)cc2O1. The van der Waals surface area contributed by atoms with E-state index < -0.39 is 25.0 Å². The van der Waals surface area contributed by atoms with Crippen molar-refractivity contribution < 1.29 is 34.3 Å². The molecule has 0 aromatic heterocycles. The highest BCUT2D eigenvalue weighted by molar-refractivity contribution is 5.97. The van der Waals surface area contributed by atoms with Crippen LogP contribution >= 0.6 is 0 Å². The molecule has 0 bridgehead atoms. The van der Waals surface area contributed by atoms with Crippen LogP contribution in [0.25, 0.3) is 12.2 Å². The third-order valence-corrected chi connectivity index (χ3v) is 5.07. The van der Waals surface area contributed by atoms with Gasteiger partial charge in [-0.05, 0) is 46.9 Å². The Bertz CT molecular complexity index is 1240. The third-order valence-electron chi connectivity index (χ3n) is 5.07. The van der Waals surface area contributed by atoms with Crippen LogP contribution in [0.4, 0.5) is 0 Å². The van der Waals surface area contributed by atoms with Crippen molar-refractivity contribution in [3.8, 4) is 23.0 Å². The summed E-state index contributed by atoms with van der Waals surface area (Å²) in [6.07, 6.45) is 6.15. The molecule has 6 heteroatoms. The first kappa shape index (κ1) is 20.2. The van der Waals surface area contributed by atoms with Gasteiger partial charge in [0, 0.05) is 5.41 Å². The number of aliphatic hydroxyl groups excluding tert-OH is 1. The first-order valence-corrected chi connectivity index (χ1v) is 11.0. The number of aliphatic hydroxyl groups is 1. The number of benzene rings is 2. The first-order valence-electron chi connectivity index (χ1n) is 13.0. The van der Waals surface area contributed by atoms with Gasteiger partial charge in [-0.25, -0.2) is 0 Å². The van der Waals surface area contributed by atoms with Gasteiger partial charge in [0.2, 0.25) is 13.5 Å². The van der Waals surface area contributed by atoms with Crippen LogP contribution in [0.2, 0.25) is 0 Å². The lowest BCUT2D eigenvalue weighted by atomic mass is 9.89. The molecule has 34 heavy (non-hydrogen) atoms. The molecule has 1 N–H and O–H groups in total. The zero-order chi connectivity index (χ0) is 28.5. The highest BCUT2D eigenvalue weighted by Gasteiger charge is 2.20. The Morgan fingerprint density at radius 3 is 1.79 bits per heavy atom. The molecule has 0 radical (unpaired) electrons. The standard InChI is InChI=1S/C14H18O3.C14H16O3/c2*1-14(2,3)13(15)7-5-10-4-6-11-12(8-10)17-9-16-11/h4-8,13,15H,9H2,1-3H3;4-8H,9H2,1-3H3/b2*7-5+/i2*9D2. The van der Waals surface area contributed by atoms with Gasteiger partial charge in [-0.2, -0.15) is 0 Å². The topological polar surface area (TPSA) is 74.2 Å². The second kappa shape index (κ2) is 10.3. The summed E-state index contributed by atoms with van der Waals surface area (Å²) in [6.45, 7) is 7.21. The Kier molecular flexibility index (Phi) is 6.13. The normalized spacial score (nSPS) is 20.1. The maximum atomic E-state index is 11.8. The van der Waals surface area contributed by atoms with E-state index in [1.165, 1.54) is 6.08 Å². The predicted molar refractivity (Wildman–Crippen MR) is 133 cm³/mol. The summed E-state index contributed by atoms with van der Waals surface area (Å²) < 4.78 is 49.3. The van der Waals surface area contributed by atoms with E-state index in [0.717, 1.165) is 11.1 Å². The molecular weight excluding hydrogens is 432 g/mol. The molecule has 2 aliphatic rings. The summed E-state index contributed by atoms with van der Waals surface area (Å²) in [4.78, 5) is 11.8. The first-order chi connectivity index (χ1) is 17.3. The molecular formula is C28H34O6. The number of carbonyl (C=O) groups excluding carboxylic acids is 1. The van der Waals surface area contributed by atoms with Crippen LogP contribution in [0.3, 0.4) is 0 Å². The minimum absolute atomic E-state index is 0.0282. The van der Waals surface area contributed by atoms with E-state index in [2.05, 4.69) is 0 Å². The second-order valence-corrected chi connectivity index (χ2v) is 10.1. The number of ether oxygens (including phenoxy) is 4. The lowest BCUT2D eigenvalue weighted by Gasteiger charge is -2.22. The van der Waals surface area contributed by atoms with Gasteiger partial charge >= 0.3 is 0 Å². The molecule has 2 aliphatic heterocycles. The molecule has 2 aromatic carbocycles. The van der Waals surface area contributed by atoms with Crippen molar-refractivity contribution in [2.24, 2.45) is 10.8 Å². The molecule has 1 unspecified atom stereocenters. The maximum absolute atomic E-state index is 11.8. The predicted octanol–water partition coefficient (Wildman–Crippen LogP) is 5.88. The van der Waals surface area contributed by atoms with Crippen molar-refractivity contribution in [2.75, 3.05) is 13.5 Å². The minimum atomic E-state index is -2.12. The molecule has 0 spiro atoms. The van der Waals surface area contributed by atoms with Gasteiger partial charge in [-0.3, -0.25) is 4.79 Å². The van der Waals surface area contributed by atoms with Gasteiger partial charge in [0.05, 0.1) is 6.10 Å². The van der Waals surface area contributed by atoms with Crippen LogP contribution in [0.15, 0.2) is 48.6 Å². The number of carbonyl (C=O) groups is 1. The van der Waals surface area contributed by atoms with Crippen LogP contribution < -0.4 is 18.9 Å². The van der Waals surface area contributed by atoms with Crippen LogP contribution in [0.1, 0.15) is 58.2 Å². The Morgan fingerprint density at radius 2 is 1.32 bits per heavy atom. The van der Waals surface area contributed by atoms with Crippen LogP contribution in [0, 0.1) is 10.8 Å². The lowest BCUT2D eigenvalue weighted by Crippen LogP contribution is -2.23. The van der Waals surface area contributed by atoms with Crippen molar-refractivity contribution in [1.29, 1.82) is 0 Å². The van der Waals surface area contributed by atoms with Crippen molar-refractivity contribution in [3.05, 3.63) is 59.7 Å². The molecule has 0 amide bonds. The largest absolute Gasteiger partial charge is 0.454 e. The fourth-order valence-corrected chi connectivity index (χ4v) is 2.72. The summed E-state index contributed by atoms with van der Waals surface area (Å²) >= 11 is 0. The minimum Gasteiger partial charge on any atom is -0.454 e. The number of allylic oxidation sites excluding steroid dienone is 1. The molecule has 0 aliphatic carbocycles. The van der Waals surface area contributed by atoms with Crippen LogP contribution in [0.5, 0.6) is 23.0 Å². The summed E-state index contributed by atoms with van der Waals surface area (Å²) in [7, 11) is 0. The molecule has 0 saturated heterocycles. The molecule has 0 fully saturated rings. The van der Waals surface area contributed by atoms with E-state index >= 15 is 0 Å². The molecule has 4 rings (SSSR count). The van der Waals surface area contributed by atoms with Gasteiger partial charge in [-0.1, -0.05) is 71.9 Å². The number of ketones is 1. The highest BCUT2D eigenvalue weighted by Crippen LogP contribution is 2.34. The third kappa shape index (κ3) is 6.87. The molecule has 182 valence electrons. The van der Waals surface area contributed by atoms with Crippen molar-refractivity contribution in [2.45, 2.75) is 47.6 Å². The second-order valence-electron chi connectivity index (χ2n) is 10.1. The van der Waals surface area contributed by atoms with Gasteiger partial charge in [0.25, 0.3) is 0 Å². The molecule has 6 nitrogen and oxygen atoms in total. The Morgan fingerprint density at radius 1 is 0.853 bits per heavy atom. The summed E-state index contributed by atoms with van der Waals surface area (Å²) in [5, 5.41) is 9.92. The van der Waals surface area contributed by atoms with E-state index in [4.69, 9.17) is 24.4 Å². The highest BCUT2D eigenvalue weighted by atomic mass is 16.7. The molecule has 2 aromatic rings. The monoisotopic (exact) mass is 470 g/mol. The Hall–Kier alpha value is -3.25. The number of hydrogen-bond acceptors (Lipinski definition) is 6. The van der Waals surface area contributed by atoms with Gasteiger partial charge in [0.1, 0.15) is 5.48 Å². The van der Waals surface area contributed by atoms with Gasteiger partial charge in [-0.15, -0.1) is 0 Å². The molecule has 0 saturated carbocycles. The van der Waals surface area contributed by atoms with Crippen molar-refractivity contribution >= 4 is 17.9 Å². The van der Waals surface area contributed by atoms with Crippen molar-refractivity contribution in [3.63, 3.8) is 0 Å². The number of rotatable bonds is 4. The summed E-state index contributed by atoms with van der Waals surface area (Å²) in [6, 6.07) is 10.1. The quantitative estimate of drug-likeness (QED) is 0.563. The average molecular weight is 471 g/mol. The van der Waals surface area contributed by atoms with Crippen LogP contribution in [-0.4, -0.2) is 30.5 Å². The van der Waals surface area contributed by atoms with E-state index in [9.17, 15) is 9.90 Å². The Balaban J connectivity index is 0.000000211. The fourth-order valence-electron chi connectivity index (χ4n) is 2.72. The van der Waals surface area contributed by atoms with Gasteiger partial charge in [0.15, 0.2) is 28.8 Å². The fraction of sp³-hybridized carbons (Fsp3) is 0.393. The smallest absolute Gasteiger partial charge is 0.231 e. The summed E-state index contributed by atoms with van der Waals surface area (Å²) in [5.41, 5.74) is 0.954. The lowest BCUT2D eigenvalue weighted by molar-refractivity contribution is -0.121. The van der Waals surface area contributed by atoms with Crippen LogP contribution in [-0.2, 0) is 4.79 Å². The number of fused-ring (bicyclic) bond motifs is 2. The zero-order valence-electron chi connectivity index (χ0n) is 24.3. The average Bonchev–Trinajstić information content (AvgIpc) is 3.26. The van der Waals surface area contributed by atoms with E-state index in [0.29, 0.717) is 23.0 Å². The van der Waals surface area contributed by atoms with Crippen molar-refractivity contribution in [1.82, 2.24) is 0 Å². The molecule has 1 atom stereocenters. The maximum Gasteiger partial charge on any atom is 0.231 e. The van der Waals surface area contributed by atoms with E-state index in [-0.39, 0.29) is 11.2 Å².